The summed E-state index contributed by atoms with van der Waals surface area (Å²) in [5, 5.41) is 6.16. The summed E-state index contributed by atoms with van der Waals surface area (Å²) in [6.07, 6.45) is -3.02. The number of amides is 1. The highest BCUT2D eigenvalue weighted by Crippen LogP contribution is 2.29. The van der Waals surface area contributed by atoms with Gasteiger partial charge in [0.1, 0.15) is 24.4 Å². The Hall–Kier alpha value is -2.21. The first-order chi connectivity index (χ1) is 13.3. The molecule has 1 fully saturated rings. The Kier molecular flexibility index (Phi) is 7.75. The maximum absolute atomic E-state index is 12.5. The van der Waals surface area contributed by atoms with Crippen molar-refractivity contribution in [3.05, 3.63) is 46.3 Å². The van der Waals surface area contributed by atoms with Crippen LogP contribution >= 0.6 is 0 Å². The Balaban J connectivity index is 2.26. The topological polar surface area (TPSA) is 149 Å². The van der Waals surface area contributed by atoms with Gasteiger partial charge >= 0.3 is 0 Å². The van der Waals surface area contributed by atoms with Crippen molar-refractivity contribution in [3.63, 3.8) is 0 Å². The Morgan fingerprint density at radius 1 is 1.32 bits per heavy atom. The molecule has 154 valence electrons. The van der Waals surface area contributed by atoms with Gasteiger partial charge in [-0.1, -0.05) is 23.3 Å². The maximum Gasteiger partial charge on any atom is 0.264 e. The van der Waals surface area contributed by atoms with Crippen molar-refractivity contribution >= 4 is 16.0 Å². The van der Waals surface area contributed by atoms with Crippen molar-refractivity contribution in [2.75, 3.05) is 27.0 Å². The minimum Gasteiger partial charge on any atom is -0.376 e. The van der Waals surface area contributed by atoms with E-state index in [1.807, 2.05) is 0 Å². The number of hydrogen-bond acceptors (Lipinski definition) is 8. The lowest BCUT2D eigenvalue weighted by Crippen LogP contribution is -2.51. The van der Waals surface area contributed by atoms with Crippen molar-refractivity contribution < 1.29 is 31.6 Å². The van der Waals surface area contributed by atoms with Crippen molar-refractivity contribution in [2.24, 2.45) is 5.11 Å². The first-order valence-electron chi connectivity index (χ1n) is 8.26. The van der Waals surface area contributed by atoms with E-state index < -0.39 is 40.8 Å². The van der Waals surface area contributed by atoms with Crippen LogP contribution in [-0.2, 0) is 28.5 Å². The first kappa shape index (κ1) is 22.1. The van der Waals surface area contributed by atoms with Gasteiger partial charge in [-0.05, 0) is 17.7 Å². The standard InChI is InChI=1S/C16H22N4O7S/c1-24-14-12(19-15(21)10-7-5-4-6-8-10)16(25-2)26-13(14)11(9-18-20-17)27-28(3,22)23/h4-8,11-14,16H,9H2,1-3H3,(H,19,21)/t11-,12+,13-,14-,16-/m1/s1. The summed E-state index contributed by atoms with van der Waals surface area (Å²) in [6, 6.07) is 7.75. The molecular formula is C16H22N4O7S. The second-order valence-corrected chi connectivity index (χ2v) is 7.62. The van der Waals surface area contributed by atoms with Gasteiger partial charge in [-0.25, -0.2) is 0 Å². The molecule has 0 radical (unpaired) electrons. The van der Waals surface area contributed by atoms with Gasteiger partial charge in [-0.15, -0.1) is 0 Å². The molecule has 1 saturated heterocycles. The van der Waals surface area contributed by atoms with E-state index >= 15 is 0 Å². The summed E-state index contributed by atoms with van der Waals surface area (Å²) >= 11 is 0. The highest BCUT2D eigenvalue weighted by atomic mass is 32.2. The monoisotopic (exact) mass is 414 g/mol. The number of nitrogens with one attached hydrogen (secondary N) is 1. The lowest BCUT2D eigenvalue weighted by molar-refractivity contribution is -0.143. The molecule has 1 aliphatic rings. The van der Waals surface area contributed by atoms with Gasteiger partial charge in [0.2, 0.25) is 0 Å². The molecule has 0 spiro atoms. The predicted molar refractivity (Wildman–Crippen MR) is 97.9 cm³/mol. The van der Waals surface area contributed by atoms with E-state index in [9.17, 15) is 13.2 Å². The van der Waals surface area contributed by atoms with E-state index in [4.69, 9.17) is 23.9 Å². The summed E-state index contributed by atoms with van der Waals surface area (Å²) < 4.78 is 44.7. The van der Waals surface area contributed by atoms with Crippen LogP contribution in [0.5, 0.6) is 0 Å². The third-order valence-electron chi connectivity index (χ3n) is 4.09. The Morgan fingerprint density at radius 3 is 2.54 bits per heavy atom. The second kappa shape index (κ2) is 9.82. The fourth-order valence-electron chi connectivity index (χ4n) is 2.96. The van der Waals surface area contributed by atoms with Crippen molar-refractivity contribution in [2.45, 2.75) is 30.6 Å². The Labute approximate surface area is 162 Å². The molecule has 0 aromatic heterocycles. The average molecular weight is 414 g/mol. The molecule has 28 heavy (non-hydrogen) atoms. The number of methoxy groups -OCH3 is 2. The van der Waals surface area contributed by atoms with Crippen LogP contribution in [0, 0.1) is 0 Å². The largest absolute Gasteiger partial charge is 0.376 e. The highest BCUT2D eigenvalue weighted by molar-refractivity contribution is 7.86. The van der Waals surface area contributed by atoms with E-state index in [2.05, 4.69) is 15.3 Å². The molecule has 0 saturated carbocycles. The second-order valence-electron chi connectivity index (χ2n) is 6.02. The van der Waals surface area contributed by atoms with Gasteiger partial charge in [0.15, 0.2) is 6.29 Å². The van der Waals surface area contributed by atoms with Crippen LogP contribution in [-0.4, -0.2) is 72.0 Å². The molecule has 0 bridgehead atoms. The number of benzene rings is 1. The van der Waals surface area contributed by atoms with E-state index in [0.717, 1.165) is 6.26 Å². The average Bonchev–Trinajstić information content (AvgIpc) is 3.02. The summed E-state index contributed by atoms with van der Waals surface area (Å²) in [6.45, 7) is -0.316. The van der Waals surface area contributed by atoms with Crippen molar-refractivity contribution in [1.29, 1.82) is 0 Å². The van der Waals surface area contributed by atoms with Crippen LogP contribution < -0.4 is 5.32 Å². The smallest absolute Gasteiger partial charge is 0.264 e. The zero-order valence-electron chi connectivity index (χ0n) is 15.6. The quantitative estimate of drug-likeness (QED) is 0.272. The number of ether oxygens (including phenoxy) is 3. The summed E-state index contributed by atoms with van der Waals surface area (Å²) in [4.78, 5) is 15.2. The van der Waals surface area contributed by atoms with Crippen molar-refractivity contribution in [3.8, 4) is 0 Å². The molecule has 5 atom stereocenters. The minimum atomic E-state index is -3.88. The van der Waals surface area contributed by atoms with Crippen LogP contribution in [0.4, 0.5) is 0 Å². The molecule has 0 unspecified atom stereocenters. The molecule has 2 rings (SSSR count). The normalized spacial score (nSPS) is 25.7. The van der Waals surface area contributed by atoms with Gasteiger partial charge in [0, 0.05) is 24.7 Å². The fourth-order valence-corrected chi connectivity index (χ4v) is 3.58. The third kappa shape index (κ3) is 5.64. The zero-order chi connectivity index (χ0) is 20.7. The molecular weight excluding hydrogens is 392 g/mol. The molecule has 11 nitrogen and oxygen atoms in total. The van der Waals surface area contributed by atoms with Gasteiger partial charge in [0.25, 0.3) is 16.0 Å². The summed E-state index contributed by atoms with van der Waals surface area (Å²) in [5.41, 5.74) is 9.00. The molecule has 1 aromatic rings. The van der Waals surface area contributed by atoms with Crippen LogP contribution in [0.25, 0.3) is 10.4 Å². The van der Waals surface area contributed by atoms with Crippen molar-refractivity contribution in [1.82, 2.24) is 5.32 Å². The highest BCUT2D eigenvalue weighted by Gasteiger charge is 2.50. The van der Waals surface area contributed by atoms with Gasteiger partial charge < -0.3 is 19.5 Å². The minimum absolute atomic E-state index is 0.316. The Morgan fingerprint density at radius 2 is 2.00 bits per heavy atom. The zero-order valence-corrected chi connectivity index (χ0v) is 16.4. The van der Waals surface area contributed by atoms with Crippen LogP contribution in [0.3, 0.4) is 0 Å². The van der Waals surface area contributed by atoms with E-state index in [0.29, 0.717) is 5.56 Å². The van der Waals surface area contributed by atoms with E-state index in [1.165, 1.54) is 14.2 Å². The van der Waals surface area contributed by atoms with Gasteiger partial charge in [-0.3, -0.25) is 8.98 Å². The summed E-state index contributed by atoms with van der Waals surface area (Å²) in [7, 11) is -1.12. The number of rotatable bonds is 9. The van der Waals surface area contributed by atoms with Gasteiger partial charge in [-0.2, -0.15) is 8.42 Å². The number of carbonyl (C=O) groups excluding carboxylic acids is 1. The molecule has 1 N–H and O–H groups in total. The Bertz CT molecular complexity index is 814. The SMILES string of the molecule is CO[C@@H]1O[C@H]([C@@H](CN=[N+]=[N-])OS(C)(=O)=O)[C@H](OC)[C@@H]1NC(=O)c1ccccc1. The number of nitrogens with zero attached hydrogens (tertiary/aromatic N) is 3. The summed E-state index contributed by atoms with van der Waals surface area (Å²) in [5.74, 6) is -0.380. The number of azide groups is 1. The fraction of sp³-hybridized carbons (Fsp3) is 0.562. The van der Waals surface area contributed by atoms with Crippen LogP contribution in [0.2, 0.25) is 0 Å². The first-order valence-corrected chi connectivity index (χ1v) is 10.1. The molecule has 0 aliphatic carbocycles. The lowest BCUT2D eigenvalue weighted by Gasteiger charge is -2.26. The molecule has 1 aromatic carbocycles. The molecule has 1 amide bonds. The van der Waals surface area contributed by atoms with Gasteiger partial charge in [0.05, 0.1) is 12.8 Å². The maximum atomic E-state index is 12.5. The predicted octanol–water partition coefficient (Wildman–Crippen LogP) is 0.826. The van der Waals surface area contributed by atoms with E-state index in [-0.39, 0.29) is 12.5 Å². The van der Waals surface area contributed by atoms with E-state index in [1.54, 1.807) is 30.3 Å². The number of carbonyl (C=O) groups is 1. The lowest BCUT2D eigenvalue weighted by atomic mass is 10.0. The molecule has 12 heteroatoms. The number of hydrogen-bond donors (Lipinski definition) is 1. The van der Waals surface area contributed by atoms with Crippen LogP contribution in [0.15, 0.2) is 35.4 Å². The molecule has 1 heterocycles. The third-order valence-corrected chi connectivity index (χ3v) is 4.69. The van der Waals surface area contributed by atoms with Crippen LogP contribution in [0.1, 0.15) is 10.4 Å². The molecule has 1 aliphatic heterocycles.